The van der Waals surface area contributed by atoms with Crippen LogP contribution in [-0.4, -0.2) is 10.2 Å². The second-order valence-electron chi connectivity index (χ2n) is 3.52. The summed E-state index contributed by atoms with van der Waals surface area (Å²) in [6.07, 6.45) is 3.22. The Balaban J connectivity index is 2.20. The molecule has 3 nitrogen and oxygen atoms in total. The van der Waals surface area contributed by atoms with Crippen LogP contribution >= 0.6 is 0 Å². The molecule has 0 bridgehead atoms. The molecule has 0 amide bonds. The fourth-order valence-electron chi connectivity index (χ4n) is 1.50. The lowest BCUT2D eigenvalue weighted by atomic mass is 10.1. The molecule has 0 saturated heterocycles. The first-order valence-corrected chi connectivity index (χ1v) is 4.87. The molecule has 1 unspecified atom stereocenters. The van der Waals surface area contributed by atoms with Crippen LogP contribution in [0.1, 0.15) is 18.5 Å². The highest BCUT2D eigenvalue weighted by Crippen LogP contribution is 2.21. The number of rotatable bonds is 3. The molecule has 0 spiro atoms. The zero-order valence-electron chi connectivity index (χ0n) is 8.67. The van der Waals surface area contributed by atoms with Crippen molar-refractivity contribution in [3.05, 3.63) is 47.8 Å². The first kappa shape index (κ1) is 10.6. The molecule has 16 heavy (non-hydrogen) atoms. The van der Waals surface area contributed by atoms with Crippen LogP contribution in [0.15, 0.2) is 30.6 Å². The predicted octanol–water partition coefficient (Wildman–Crippen LogP) is 2.86. The van der Waals surface area contributed by atoms with E-state index in [1.54, 1.807) is 19.3 Å². The van der Waals surface area contributed by atoms with Crippen LogP contribution in [-0.2, 0) is 0 Å². The maximum absolute atomic E-state index is 13.4. The van der Waals surface area contributed by atoms with Crippen molar-refractivity contribution in [1.82, 2.24) is 10.2 Å². The first-order chi connectivity index (χ1) is 7.66. The molecule has 1 atom stereocenters. The summed E-state index contributed by atoms with van der Waals surface area (Å²) in [4.78, 5) is 0. The van der Waals surface area contributed by atoms with E-state index in [9.17, 15) is 8.78 Å². The van der Waals surface area contributed by atoms with Crippen molar-refractivity contribution in [3.8, 4) is 0 Å². The summed E-state index contributed by atoms with van der Waals surface area (Å²) in [5.74, 6) is -0.873. The Morgan fingerprint density at radius 2 is 2.19 bits per heavy atom. The molecule has 0 aliphatic carbocycles. The van der Waals surface area contributed by atoms with Gasteiger partial charge in [-0.1, -0.05) is 0 Å². The number of hydrogen-bond acceptors (Lipinski definition) is 2. The molecule has 5 heteroatoms. The van der Waals surface area contributed by atoms with Gasteiger partial charge in [-0.2, -0.15) is 5.10 Å². The van der Waals surface area contributed by atoms with Crippen LogP contribution < -0.4 is 5.32 Å². The van der Waals surface area contributed by atoms with Crippen LogP contribution in [0.5, 0.6) is 0 Å². The Hall–Kier alpha value is -1.91. The third-order valence-corrected chi connectivity index (χ3v) is 2.31. The van der Waals surface area contributed by atoms with Crippen molar-refractivity contribution in [2.75, 3.05) is 5.32 Å². The summed E-state index contributed by atoms with van der Waals surface area (Å²) in [6, 6.07) is 3.09. The maximum Gasteiger partial charge on any atom is 0.128 e. The lowest BCUT2D eigenvalue weighted by Gasteiger charge is -2.14. The van der Waals surface area contributed by atoms with Crippen molar-refractivity contribution >= 4 is 5.69 Å². The Morgan fingerprint density at radius 3 is 2.88 bits per heavy atom. The Labute approximate surface area is 91.5 Å². The van der Waals surface area contributed by atoms with Gasteiger partial charge in [-0.15, -0.1) is 0 Å². The molecule has 2 aromatic rings. The van der Waals surface area contributed by atoms with E-state index in [-0.39, 0.29) is 6.04 Å². The largest absolute Gasteiger partial charge is 0.376 e. The smallest absolute Gasteiger partial charge is 0.128 e. The van der Waals surface area contributed by atoms with Crippen LogP contribution in [0.3, 0.4) is 0 Å². The van der Waals surface area contributed by atoms with Gasteiger partial charge in [0.2, 0.25) is 0 Å². The summed E-state index contributed by atoms with van der Waals surface area (Å²) in [5.41, 5.74) is 1.03. The SMILES string of the molecule is CC(Nc1cn[nH]c1)c1cc(F)ccc1F. The normalized spacial score (nSPS) is 12.4. The molecule has 0 aliphatic heterocycles. The molecule has 1 aromatic heterocycles. The second-order valence-corrected chi connectivity index (χ2v) is 3.52. The summed E-state index contributed by atoms with van der Waals surface area (Å²) in [6.45, 7) is 1.75. The van der Waals surface area contributed by atoms with Crippen LogP contribution in [0.2, 0.25) is 0 Å². The van der Waals surface area contributed by atoms with Crippen LogP contribution in [0.4, 0.5) is 14.5 Å². The highest BCUT2D eigenvalue weighted by Gasteiger charge is 2.12. The van der Waals surface area contributed by atoms with Gasteiger partial charge in [0.05, 0.1) is 17.9 Å². The standard InChI is InChI=1S/C11H11F2N3/c1-7(16-9-5-14-15-6-9)10-4-8(12)2-3-11(10)13/h2-7,16H,1H3,(H,14,15). The van der Waals surface area contributed by atoms with E-state index in [1.807, 2.05) is 0 Å². The fourth-order valence-corrected chi connectivity index (χ4v) is 1.50. The van der Waals surface area contributed by atoms with Gasteiger partial charge in [-0.05, 0) is 25.1 Å². The van der Waals surface area contributed by atoms with Crippen molar-refractivity contribution in [1.29, 1.82) is 0 Å². The van der Waals surface area contributed by atoms with E-state index >= 15 is 0 Å². The van der Waals surface area contributed by atoms with Gasteiger partial charge in [0.1, 0.15) is 11.6 Å². The van der Waals surface area contributed by atoms with Gasteiger partial charge < -0.3 is 5.32 Å². The highest BCUT2D eigenvalue weighted by atomic mass is 19.1. The number of halogens is 2. The molecule has 2 N–H and O–H groups in total. The number of nitrogens with zero attached hydrogens (tertiary/aromatic N) is 1. The minimum absolute atomic E-state index is 0.293. The van der Waals surface area contributed by atoms with Crippen molar-refractivity contribution in [2.45, 2.75) is 13.0 Å². The zero-order chi connectivity index (χ0) is 11.5. The van der Waals surface area contributed by atoms with Crippen molar-refractivity contribution in [3.63, 3.8) is 0 Å². The molecule has 2 rings (SSSR count). The Kier molecular flexibility index (Phi) is 2.85. The van der Waals surface area contributed by atoms with Gasteiger partial charge in [0.25, 0.3) is 0 Å². The number of anilines is 1. The van der Waals surface area contributed by atoms with Crippen LogP contribution in [0.25, 0.3) is 0 Å². The zero-order valence-corrected chi connectivity index (χ0v) is 8.67. The number of benzene rings is 1. The summed E-state index contributed by atoms with van der Waals surface area (Å²) < 4.78 is 26.4. The van der Waals surface area contributed by atoms with E-state index < -0.39 is 11.6 Å². The molecular weight excluding hydrogens is 212 g/mol. The van der Waals surface area contributed by atoms with E-state index in [2.05, 4.69) is 15.5 Å². The van der Waals surface area contributed by atoms with Gasteiger partial charge in [0.15, 0.2) is 0 Å². The van der Waals surface area contributed by atoms with Gasteiger partial charge in [0, 0.05) is 11.8 Å². The summed E-state index contributed by atoms with van der Waals surface area (Å²) >= 11 is 0. The third-order valence-electron chi connectivity index (χ3n) is 2.31. The minimum Gasteiger partial charge on any atom is -0.376 e. The number of hydrogen-bond donors (Lipinski definition) is 2. The number of nitrogens with one attached hydrogen (secondary N) is 2. The average Bonchev–Trinajstić information content (AvgIpc) is 2.74. The fraction of sp³-hybridized carbons (Fsp3) is 0.182. The highest BCUT2D eigenvalue weighted by molar-refractivity contribution is 5.41. The second kappa shape index (κ2) is 4.30. The Morgan fingerprint density at radius 1 is 1.38 bits per heavy atom. The topological polar surface area (TPSA) is 40.7 Å². The number of aromatic amines is 1. The molecule has 0 radical (unpaired) electrons. The van der Waals surface area contributed by atoms with Crippen molar-refractivity contribution < 1.29 is 8.78 Å². The first-order valence-electron chi connectivity index (χ1n) is 4.87. The lowest BCUT2D eigenvalue weighted by molar-refractivity contribution is 0.577. The number of aromatic nitrogens is 2. The van der Waals surface area contributed by atoms with E-state index in [0.29, 0.717) is 5.56 Å². The monoisotopic (exact) mass is 223 g/mol. The Bertz CT molecular complexity index is 468. The minimum atomic E-state index is -0.447. The predicted molar refractivity (Wildman–Crippen MR) is 57.0 cm³/mol. The molecule has 0 aliphatic rings. The average molecular weight is 223 g/mol. The van der Waals surface area contributed by atoms with Gasteiger partial charge in [-0.3, -0.25) is 5.10 Å². The van der Waals surface area contributed by atoms with Gasteiger partial charge in [-0.25, -0.2) is 8.78 Å². The quantitative estimate of drug-likeness (QED) is 0.840. The van der Waals surface area contributed by atoms with Gasteiger partial charge >= 0.3 is 0 Å². The maximum atomic E-state index is 13.4. The third kappa shape index (κ3) is 2.18. The molecule has 84 valence electrons. The van der Waals surface area contributed by atoms with Crippen molar-refractivity contribution in [2.24, 2.45) is 0 Å². The van der Waals surface area contributed by atoms with E-state index in [4.69, 9.17) is 0 Å². The lowest BCUT2D eigenvalue weighted by Crippen LogP contribution is -2.08. The summed E-state index contributed by atoms with van der Waals surface area (Å²) in [7, 11) is 0. The van der Waals surface area contributed by atoms with Crippen LogP contribution in [0, 0.1) is 11.6 Å². The van der Waals surface area contributed by atoms with E-state index in [0.717, 1.165) is 17.8 Å². The summed E-state index contributed by atoms with van der Waals surface area (Å²) in [5, 5.41) is 9.39. The molecular formula is C11H11F2N3. The molecule has 0 fully saturated rings. The molecule has 0 saturated carbocycles. The molecule has 1 aromatic carbocycles. The molecule has 1 heterocycles. The van der Waals surface area contributed by atoms with E-state index in [1.165, 1.54) is 6.07 Å². The number of H-pyrrole nitrogens is 1.